The zero-order valence-corrected chi connectivity index (χ0v) is 14.0. The molecule has 0 saturated heterocycles. The largest absolute Gasteiger partial charge is 0.389 e. The molecular weight excluding hydrogens is 264 g/mol. The Morgan fingerprint density at radius 3 is 2.29 bits per heavy atom. The fraction of sp³-hybridized carbons (Fsp3) is 0.941. The van der Waals surface area contributed by atoms with Crippen LogP contribution in [0.5, 0.6) is 0 Å². The first kappa shape index (κ1) is 16.8. The van der Waals surface area contributed by atoms with Crippen molar-refractivity contribution in [1.29, 1.82) is 0 Å². The second kappa shape index (κ2) is 7.10. The van der Waals surface area contributed by atoms with Crippen molar-refractivity contribution in [3.63, 3.8) is 0 Å². The minimum Gasteiger partial charge on any atom is -0.389 e. The van der Waals surface area contributed by atoms with Crippen LogP contribution in [0, 0.1) is 5.92 Å². The Morgan fingerprint density at radius 2 is 1.71 bits per heavy atom. The molecule has 2 saturated carbocycles. The molecule has 0 radical (unpaired) electrons. The Hall–Kier alpha value is -0.610. The lowest BCUT2D eigenvalue weighted by atomic mass is 9.87. The molecule has 2 aliphatic carbocycles. The molecule has 1 amide bonds. The first-order chi connectivity index (χ1) is 9.89. The second-order valence-corrected chi connectivity index (χ2v) is 7.52. The standard InChI is InChI=1S/C17H32N2O2/c1-14-6-8-15(9-7-14)19(3)16(20)12-18(2)13-17(21)10-4-5-11-17/h14-15,21H,4-13H2,1-3H3. The minimum atomic E-state index is -0.562. The van der Waals surface area contributed by atoms with E-state index in [9.17, 15) is 9.90 Å². The summed E-state index contributed by atoms with van der Waals surface area (Å²) in [5, 5.41) is 10.4. The Balaban J connectivity index is 1.77. The molecule has 0 aromatic heterocycles. The van der Waals surface area contributed by atoms with Crippen LogP contribution >= 0.6 is 0 Å². The van der Waals surface area contributed by atoms with E-state index < -0.39 is 5.60 Å². The average molecular weight is 296 g/mol. The van der Waals surface area contributed by atoms with Crippen molar-refractivity contribution in [2.24, 2.45) is 5.92 Å². The molecule has 0 aromatic carbocycles. The second-order valence-electron chi connectivity index (χ2n) is 7.52. The summed E-state index contributed by atoms with van der Waals surface area (Å²) in [6, 6.07) is 0.414. The van der Waals surface area contributed by atoms with Gasteiger partial charge in [0.1, 0.15) is 0 Å². The molecule has 4 nitrogen and oxygen atoms in total. The van der Waals surface area contributed by atoms with Crippen LogP contribution in [-0.2, 0) is 4.79 Å². The summed E-state index contributed by atoms with van der Waals surface area (Å²) in [6.45, 7) is 3.34. The molecule has 2 rings (SSSR count). The molecule has 1 N–H and O–H groups in total. The van der Waals surface area contributed by atoms with Crippen molar-refractivity contribution >= 4 is 5.91 Å². The van der Waals surface area contributed by atoms with Gasteiger partial charge in [0.25, 0.3) is 0 Å². The van der Waals surface area contributed by atoms with Gasteiger partial charge in [-0.05, 0) is 51.5 Å². The third kappa shape index (κ3) is 4.68. The maximum atomic E-state index is 12.4. The summed E-state index contributed by atoms with van der Waals surface area (Å²) < 4.78 is 0. The number of likely N-dealkylation sites (N-methyl/N-ethyl adjacent to an activating group) is 2. The average Bonchev–Trinajstić information content (AvgIpc) is 2.84. The quantitative estimate of drug-likeness (QED) is 0.846. The molecule has 0 aromatic rings. The normalized spacial score (nSPS) is 28.8. The SMILES string of the molecule is CC1CCC(N(C)C(=O)CN(C)CC2(O)CCCC2)CC1. The number of carbonyl (C=O) groups excluding carboxylic acids is 1. The van der Waals surface area contributed by atoms with Crippen molar-refractivity contribution < 1.29 is 9.90 Å². The highest BCUT2D eigenvalue weighted by molar-refractivity contribution is 5.78. The molecule has 21 heavy (non-hydrogen) atoms. The van der Waals surface area contributed by atoms with Crippen molar-refractivity contribution in [1.82, 2.24) is 9.80 Å². The highest BCUT2D eigenvalue weighted by Crippen LogP contribution is 2.30. The van der Waals surface area contributed by atoms with Gasteiger partial charge >= 0.3 is 0 Å². The first-order valence-electron chi connectivity index (χ1n) is 8.56. The topological polar surface area (TPSA) is 43.8 Å². The van der Waals surface area contributed by atoms with Crippen molar-refractivity contribution in [3.8, 4) is 0 Å². The number of carbonyl (C=O) groups is 1. The number of nitrogens with zero attached hydrogens (tertiary/aromatic N) is 2. The van der Waals surface area contributed by atoms with E-state index in [1.807, 2.05) is 23.9 Å². The summed E-state index contributed by atoms with van der Waals surface area (Å²) in [6.07, 6.45) is 8.71. The lowest BCUT2D eigenvalue weighted by Gasteiger charge is -2.35. The van der Waals surface area contributed by atoms with E-state index in [2.05, 4.69) is 6.92 Å². The molecule has 0 atom stereocenters. The predicted octanol–water partition coefficient (Wildman–Crippen LogP) is 2.26. The summed E-state index contributed by atoms with van der Waals surface area (Å²) in [4.78, 5) is 16.4. The van der Waals surface area contributed by atoms with Gasteiger partial charge in [-0.3, -0.25) is 9.69 Å². The molecule has 4 heteroatoms. The Morgan fingerprint density at radius 1 is 1.14 bits per heavy atom. The number of hydrogen-bond acceptors (Lipinski definition) is 3. The fourth-order valence-corrected chi connectivity index (χ4v) is 3.93. The lowest BCUT2D eigenvalue weighted by Crippen LogP contribution is -2.47. The Labute approximate surface area is 129 Å². The number of aliphatic hydroxyl groups is 1. The molecule has 0 unspecified atom stereocenters. The first-order valence-corrected chi connectivity index (χ1v) is 8.56. The third-order valence-electron chi connectivity index (χ3n) is 5.43. The highest BCUT2D eigenvalue weighted by Gasteiger charge is 2.33. The lowest BCUT2D eigenvalue weighted by molar-refractivity contribution is -0.134. The minimum absolute atomic E-state index is 0.193. The van der Waals surface area contributed by atoms with Gasteiger partial charge in [0.05, 0.1) is 12.1 Å². The smallest absolute Gasteiger partial charge is 0.236 e. The van der Waals surface area contributed by atoms with Crippen LogP contribution in [0.25, 0.3) is 0 Å². The van der Waals surface area contributed by atoms with Gasteiger partial charge in [-0.15, -0.1) is 0 Å². The van der Waals surface area contributed by atoms with Crippen LogP contribution in [0.3, 0.4) is 0 Å². The Kier molecular flexibility index (Phi) is 5.67. The van der Waals surface area contributed by atoms with Gasteiger partial charge in [-0.25, -0.2) is 0 Å². The summed E-state index contributed by atoms with van der Waals surface area (Å²) in [5.74, 6) is 1.00. The molecule has 2 fully saturated rings. The maximum absolute atomic E-state index is 12.4. The van der Waals surface area contributed by atoms with E-state index in [4.69, 9.17) is 0 Å². The van der Waals surface area contributed by atoms with Gasteiger partial charge in [0.15, 0.2) is 0 Å². The number of hydrogen-bond donors (Lipinski definition) is 1. The maximum Gasteiger partial charge on any atom is 0.236 e. The molecular formula is C17H32N2O2. The van der Waals surface area contributed by atoms with E-state index in [0.29, 0.717) is 19.1 Å². The molecule has 0 aliphatic heterocycles. The van der Waals surface area contributed by atoms with E-state index in [0.717, 1.165) is 44.4 Å². The number of amides is 1. The predicted molar refractivity (Wildman–Crippen MR) is 85.1 cm³/mol. The van der Waals surface area contributed by atoms with Crippen molar-refractivity contribution in [2.75, 3.05) is 27.2 Å². The van der Waals surface area contributed by atoms with Gasteiger partial charge in [0, 0.05) is 19.6 Å². The van der Waals surface area contributed by atoms with Gasteiger partial charge in [-0.2, -0.15) is 0 Å². The van der Waals surface area contributed by atoms with Gasteiger partial charge < -0.3 is 10.0 Å². The monoisotopic (exact) mass is 296 g/mol. The molecule has 0 heterocycles. The fourth-order valence-electron chi connectivity index (χ4n) is 3.93. The highest BCUT2D eigenvalue weighted by atomic mass is 16.3. The van der Waals surface area contributed by atoms with Crippen LogP contribution < -0.4 is 0 Å². The molecule has 0 bridgehead atoms. The molecule has 0 spiro atoms. The molecule has 122 valence electrons. The summed E-state index contributed by atoms with van der Waals surface area (Å²) >= 11 is 0. The van der Waals surface area contributed by atoms with Crippen LogP contribution in [0.4, 0.5) is 0 Å². The zero-order valence-electron chi connectivity index (χ0n) is 14.0. The van der Waals surface area contributed by atoms with Crippen molar-refractivity contribution in [3.05, 3.63) is 0 Å². The van der Waals surface area contributed by atoms with Gasteiger partial charge in [0.2, 0.25) is 5.91 Å². The summed E-state index contributed by atoms with van der Waals surface area (Å²) in [5.41, 5.74) is -0.562. The zero-order chi connectivity index (χ0) is 15.5. The van der Waals surface area contributed by atoms with E-state index in [-0.39, 0.29) is 5.91 Å². The molecule has 2 aliphatic rings. The van der Waals surface area contributed by atoms with Crippen LogP contribution in [-0.4, -0.2) is 59.6 Å². The van der Waals surface area contributed by atoms with Gasteiger partial charge in [-0.1, -0.05) is 19.8 Å². The van der Waals surface area contributed by atoms with Crippen LogP contribution in [0.2, 0.25) is 0 Å². The summed E-state index contributed by atoms with van der Waals surface area (Å²) in [7, 11) is 3.89. The Bertz CT molecular complexity index is 345. The van der Waals surface area contributed by atoms with Crippen LogP contribution in [0.1, 0.15) is 58.3 Å². The van der Waals surface area contributed by atoms with Crippen LogP contribution in [0.15, 0.2) is 0 Å². The third-order valence-corrected chi connectivity index (χ3v) is 5.43. The van der Waals surface area contributed by atoms with E-state index in [1.54, 1.807) is 0 Å². The van der Waals surface area contributed by atoms with Crippen molar-refractivity contribution in [2.45, 2.75) is 69.9 Å². The van der Waals surface area contributed by atoms with E-state index >= 15 is 0 Å². The van der Waals surface area contributed by atoms with E-state index in [1.165, 1.54) is 12.8 Å². The number of rotatable bonds is 5.